The highest BCUT2D eigenvalue weighted by Gasteiger charge is 2.49. The molecule has 0 saturated heterocycles. The molecule has 1 aliphatic heterocycles. The Kier molecular flexibility index (Phi) is 4.13. The molecule has 2 aliphatic rings. The van der Waals surface area contributed by atoms with E-state index in [1.165, 1.54) is 6.08 Å². The van der Waals surface area contributed by atoms with Crippen molar-refractivity contribution in [2.24, 2.45) is 0 Å². The molecule has 6 heteroatoms. The van der Waals surface area contributed by atoms with Gasteiger partial charge >= 0.3 is 11.9 Å². The molecule has 0 fully saturated rings. The summed E-state index contributed by atoms with van der Waals surface area (Å²) < 4.78 is 5.92. The Morgan fingerprint density at radius 1 is 1.21 bits per heavy atom. The van der Waals surface area contributed by atoms with Crippen molar-refractivity contribution >= 4 is 17.7 Å². The smallest absolute Gasteiger partial charge is 0.303 e. The van der Waals surface area contributed by atoms with Crippen LogP contribution in [0.25, 0.3) is 0 Å². The first-order valence-electron chi connectivity index (χ1n) is 7.86. The van der Waals surface area contributed by atoms with Gasteiger partial charge in [-0.3, -0.25) is 14.4 Å². The highest BCUT2D eigenvalue weighted by atomic mass is 16.5. The summed E-state index contributed by atoms with van der Waals surface area (Å²) in [5, 5.41) is 17.9. The van der Waals surface area contributed by atoms with Gasteiger partial charge in [0, 0.05) is 24.8 Å². The fraction of sp³-hybridized carbons (Fsp3) is 0.389. The van der Waals surface area contributed by atoms with Crippen LogP contribution in [0.15, 0.2) is 30.4 Å². The third kappa shape index (κ3) is 2.91. The largest absolute Gasteiger partial charge is 0.488 e. The maximum atomic E-state index is 11.7. The zero-order valence-electron chi connectivity index (χ0n) is 13.0. The molecule has 24 heavy (non-hydrogen) atoms. The van der Waals surface area contributed by atoms with Crippen LogP contribution >= 0.6 is 0 Å². The minimum atomic E-state index is -0.899. The molecule has 1 heterocycles. The van der Waals surface area contributed by atoms with Gasteiger partial charge in [-0.15, -0.1) is 0 Å². The van der Waals surface area contributed by atoms with Crippen molar-refractivity contribution in [3.8, 4) is 5.75 Å². The van der Waals surface area contributed by atoms with E-state index in [-0.39, 0.29) is 25.0 Å². The molecule has 2 unspecified atom stereocenters. The molecule has 1 aromatic carbocycles. The number of carbonyl (C=O) groups excluding carboxylic acids is 1. The molecule has 1 aliphatic carbocycles. The summed E-state index contributed by atoms with van der Waals surface area (Å²) in [7, 11) is 0. The molecule has 2 atom stereocenters. The van der Waals surface area contributed by atoms with Gasteiger partial charge in [0.1, 0.15) is 11.9 Å². The van der Waals surface area contributed by atoms with Crippen molar-refractivity contribution in [2.45, 2.75) is 43.6 Å². The number of ketones is 1. The number of rotatable bonds is 6. The lowest BCUT2D eigenvalue weighted by atomic mass is 9.69. The summed E-state index contributed by atoms with van der Waals surface area (Å²) in [6, 6.07) is 5.49. The second-order valence-electron chi connectivity index (χ2n) is 6.27. The zero-order valence-corrected chi connectivity index (χ0v) is 13.0. The molecule has 126 valence electrons. The monoisotopic (exact) mass is 330 g/mol. The third-order valence-electron chi connectivity index (χ3n) is 4.72. The highest BCUT2D eigenvalue weighted by molar-refractivity contribution is 5.92. The molecule has 3 rings (SSSR count). The molecule has 0 spiro atoms. The fourth-order valence-electron chi connectivity index (χ4n) is 3.49. The number of aryl methyl sites for hydroxylation is 1. The van der Waals surface area contributed by atoms with Gasteiger partial charge in [-0.05, 0) is 30.5 Å². The average molecular weight is 330 g/mol. The van der Waals surface area contributed by atoms with Crippen molar-refractivity contribution in [1.82, 2.24) is 0 Å². The molecule has 0 saturated carbocycles. The van der Waals surface area contributed by atoms with Gasteiger partial charge in [0.15, 0.2) is 5.78 Å². The average Bonchev–Trinajstić information content (AvgIpc) is 2.84. The first kappa shape index (κ1) is 16.2. The van der Waals surface area contributed by atoms with Crippen LogP contribution in [0.4, 0.5) is 0 Å². The summed E-state index contributed by atoms with van der Waals surface area (Å²) in [5.74, 6) is -1.16. The van der Waals surface area contributed by atoms with Crippen LogP contribution in [0.3, 0.4) is 0 Å². The van der Waals surface area contributed by atoms with Crippen LogP contribution in [0.2, 0.25) is 0 Å². The Morgan fingerprint density at radius 3 is 2.67 bits per heavy atom. The summed E-state index contributed by atoms with van der Waals surface area (Å²) in [5.41, 5.74) is 1.07. The molecule has 0 radical (unpaired) electrons. The zero-order chi connectivity index (χ0) is 17.3. The van der Waals surface area contributed by atoms with Gasteiger partial charge in [0.25, 0.3) is 0 Å². The Bertz CT molecular complexity index is 735. The topological polar surface area (TPSA) is 101 Å². The number of carbonyl (C=O) groups is 3. The van der Waals surface area contributed by atoms with Gasteiger partial charge < -0.3 is 14.9 Å². The molecule has 1 aromatic rings. The van der Waals surface area contributed by atoms with E-state index in [0.717, 1.165) is 11.1 Å². The van der Waals surface area contributed by atoms with Crippen molar-refractivity contribution in [3.05, 3.63) is 41.5 Å². The van der Waals surface area contributed by atoms with E-state index in [4.69, 9.17) is 14.9 Å². The lowest BCUT2D eigenvalue weighted by molar-refractivity contribution is -0.138. The van der Waals surface area contributed by atoms with Gasteiger partial charge in [-0.1, -0.05) is 18.2 Å². The summed E-state index contributed by atoms with van der Waals surface area (Å²) >= 11 is 0. The summed E-state index contributed by atoms with van der Waals surface area (Å²) in [6.45, 7) is 0. The molecule has 2 N–H and O–H groups in total. The first-order chi connectivity index (χ1) is 11.4. The van der Waals surface area contributed by atoms with E-state index in [1.807, 2.05) is 12.1 Å². The molecule has 6 nitrogen and oxygen atoms in total. The van der Waals surface area contributed by atoms with Crippen molar-refractivity contribution in [3.63, 3.8) is 0 Å². The van der Waals surface area contributed by atoms with Crippen molar-refractivity contribution in [2.75, 3.05) is 0 Å². The minimum Gasteiger partial charge on any atom is -0.488 e. The van der Waals surface area contributed by atoms with Crippen LogP contribution in [0.5, 0.6) is 5.75 Å². The maximum absolute atomic E-state index is 11.7. The lowest BCUT2D eigenvalue weighted by Gasteiger charge is -2.33. The Labute approximate surface area is 138 Å². The molecule has 0 aromatic heterocycles. The molecular weight excluding hydrogens is 312 g/mol. The number of hydrogen-bond acceptors (Lipinski definition) is 4. The van der Waals surface area contributed by atoms with Crippen molar-refractivity contribution in [1.29, 1.82) is 0 Å². The number of fused-ring (bicyclic) bond motifs is 3. The van der Waals surface area contributed by atoms with Crippen LogP contribution in [0.1, 0.15) is 36.8 Å². The summed E-state index contributed by atoms with van der Waals surface area (Å²) in [6.07, 6.45) is 3.81. The number of ether oxygens (including phenoxy) is 1. The Morgan fingerprint density at radius 2 is 1.96 bits per heavy atom. The first-order valence-corrected chi connectivity index (χ1v) is 7.86. The number of carboxylic acids is 2. The van der Waals surface area contributed by atoms with Crippen LogP contribution in [-0.4, -0.2) is 34.0 Å². The predicted octanol–water partition coefficient (Wildman–Crippen LogP) is 2.10. The highest BCUT2D eigenvalue weighted by Crippen LogP contribution is 2.50. The number of hydrogen-bond donors (Lipinski definition) is 2. The summed E-state index contributed by atoms with van der Waals surface area (Å²) in [4.78, 5) is 33.6. The standard InChI is InChI=1S/C18H18O6/c19-12-5-7-18(8-6-17(22)23)13-9-11(2-4-16(20)21)1-3-14(13)24-15(18)10-12/h1,3,5,7,9,15H,2,4,6,8,10H2,(H,20,21)(H,22,23). The normalized spacial score (nSPS) is 24.2. The molecular formula is C18H18O6. The van der Waals surface area contributed by atoms with E-state index < -0.39 is 23.5 Å². The van der Waals surface area contributed by atoms with E-state index in [9.17, 15) is 14.4 Å². The van der Waals surface area contributed by atoms with Crippen molar-refractivity contribution < 1.29 is 29.3 Å². The second kappa shape index (κ2) is 6.11. The van der Waals surface area contributed by atoms with Gasteiger partial charge in [0.05, 0.1) is 5.41 Å². The van der Waals surface area contributed by atoms with Crippen LogP contribution < -0.4 is 4.74 Å². The van der Waals surface area contributed by atoms with E-state index in [2.05, 4.69) is 0 Å². The predicted molar refractivity (Wildman–Crippen MR) is 84.1 cm³/mol. The quantitative estimate of drug-likeness (QED) is 0.828. The second-order valence-corrected chi connectivity index (χ2v) is 6.27. The van der Waals surface area contributed by atoms with E-state index in [0.29, 0.717) is 18.6 Å². The van der Waals surface area contributed by atoms with E-state index >= 15 is 0 Å². The SMILES string of the molecule is O=C(O)CCc1ccc2c(c1)C1(CCC(=O)O)C=CC(=O)CC1O2. The van der Waals surface area contributed by atoms with Crippen LogP contribution in [0, 0.1) is 0 Å². The fourth-order valence-corrected chi connectivity index (χ4v) is 3.49. The number of allylic oxidation sites excluding steroid dienone is 1. The maximum Gasteiger partial charge on any atom is 0.303 e. The number of carboxylic acid groups (broad SMARTS) is 2. The van der Waals surface area contributed by atoms with Gasteiger partial charge in [0.2, 0.25) is 0 Å². The molecule has 0 amide bonds. The van der Waals surface area contributed by atoms with Gasteiger partial charge in [-0.25, -0.2) is 0 Å². The molecule has 0 bridgehead atoms. The van der Waals surface area contributed by atoms with Crippen LogP contribution in [-0.2, 0) is 26.2 Å². The van der Waals surface area contributed by atoms with Gasteiger partial charge in [-0.2, -0.15) is 0 Å². The minimum absolute atomic E-state index is 0.0273. The van der Waals surface area contributed by atoms with E-state index in [1.54, 1.807) is 12.1 Å². The Hall–Kier alpha value is -2.63. The lowest BCUT2D eigenvalue weighted by Crippen LogP contribution is -2.41. The Balaban J connectivity index is 1.98. The number of aliphatic carboxylic acids is 2. The number of benzene rings is 1. The third-order valence-corrected chi connectivity index (χ3v) is 4.72.